The first-order valence-corrected chi connectivity index (χ1v) is 22.0. The maximum Gasteiger partial charge on any atom is 0.0541 e. The van der Waals surface area contributed by atoms with Crippen LogP contribution < -0.4 is 4.90 Å². The van der Waals surface area contributed by atoms with E-state index in [1.807, 2.05) is 0 Å². The van der Waals surface area contributed by atoms with Crippen LogP contribution >= 0.6 is 0 Å². The van der Waals surface area contributed by atoms with Crippen LogP contribution in [-0.2, 0) is 0 Å². The van der Waals surface area contributed by atoms with Crippen LogP contribution in [0.3, 0.4) is 0 Å². The summed E-state index contributed by atoms with van der Waals surface area (Å²) in [5, 5.41) is 7.44. The molecule has 0 fully saturated rings. The summed E-state index contributed by atoms with van der Waals surface area (Å²) < 4.78 is 2.40. The first kappa shape index (κ1) is 37.3. The number of hydrogen-bond acceptors (Lipinski definition) is 1. The van der Waals surface area contributed by atoms with E-state index in [-0.39, 0.29) is 0 Å². The summed E-state index contributed by atoms with van der Waals surface area (Å²) in [5.74, 6) is 0. The Labute approximate surface area is 373 Å². The summed E-state index contributed by atoms with van der Waals surface area (Å²) in [5.41, 5.74) is 16.2. The molecule has 12 aromatic rings. The van der Waals surface area contributed by atoms with Crippen LogP contribution in [0.15, 0.2) is 255 Å². The number of fused-ring (bicyclic) bond motifs is 5. The summed E-state index contributed by atoms with van der Waals surface area (Å²) in [6, 6.07) is 92.9. The third-order valence-corrected chi connectivity index (χ3v) is 12.8. The smallest absolute Gasteiger partial charge is 0.0541 e. The van der Waals surface area contributed by atoms with Crippen molar-refractivity contribution < 1.29 is 0 Å². The zero-order valence-electron chi connectivity index (χ0n) is 35.1. The molecule has 64 heavy (non-hydrogen) atoms. The molecule has 0 saturated carbocycles. The van der Waals surface area contributed by atoms with E-state index >= 15 is 0 Å². The topological polar surface area (TPSA) is 8.17 Å². The van der Waals surface area contributed by atoms with Gasteiger partial charge in [-0.3, -0.25) is 0 Å². The average Bonchev–Trinajstić information content (AvgIpc) is 3.71. The molecule has 0 spiro atoms. The summed E-state index contributed by atoms with van der Waals surface area (Å²) in [6.45, 7) is 0. The van der Waals surface area contributed by atoms with E-state index in [1.165, 1.54) is 82.3 Å². The Kier molecular flexibility index (Phi) is 9.20. The van der Waals surface area contributed by atoms with Crippen LogP contribution in [0.4, 0.5) is 17.1 Å². The molecule has 0 radical (unpaired) electrons. The van der Waals surface area contributed by atoms with Gasteiger partial charge in [-0.15, -0.1) is 0 Å². The normalized spacial score (nSPS) is 11.4. The highest BCUT2D eigenvalue weighted by molar-refractivity contribution is 6.09. The minimum absolute atomic E-state index is 1.08. The Hall–Kier alpha value is -8.46. The second-order valence-electron chi connectivity index (χ2n) is 16.6. The largest absolute Gasteiger partial charge is 0.310 e. The molecular weight excluding hydrogens is 773 g/mol. The van der Waals surface area contributed by atoms with Crippen LogP contribution in [-0.4, -0.2) is 4.57 Å². The molecule has 0 N–H and O–H groups in total. The molecule has 1 aromatic heterocycles. The Balaban J connectivity index is 1.02. The second-order valence-corrected chi connectivity index (χ2v) is 16.6. The third-order valence-electron chi connectivity index (χ3n) is 12.8. The number of anilines is 3. The van der Waals surface area contributed by atoms with Crippen LogP contribution in [0.1, 0.15) is 0 Å². The molecule has 11 aromatic carbocycles. The lowest BCUT2D eigenvalue weighted by Crippen LogP contribution is -2.10. The van der Waals surface area contributed by atoms with E-state index < -0.39 is 0 Å². The Morgan fingerprint density at radius 1 is 0.250 bits per heavy atom. The quantitative estimate of drug-likeness (QED) is 0.148. The molecule has 12 rings (SSSR count). The van der Waals surface area contributed by atoms with E-state index in [1.54, 1.807) is 0 Å². The summed E-state index contributed by atoms with van der Waals surface area (Å²) in [6.07, 6.45) is 0. The van der Waals surface area contributed by atoms with E-state index in [0.717, 1.165) is 28.3 Å². The Bertz CT molecular complexity index is 3600. The number of aromatic nitrogens is 1. The van der Waals surface area contributed by atoms with Gasteiger partial charge >= 0.3 is 0 Å². The molecule has 300 valence electrons. The van der Waals surface area contributed by atoms with Gasteiger partial charge in [0.25, 0.3) is 0 Å². The summed E-state index contributed by atoms with van der Waals surface area (Å²) in [4.78, 5) is 2.39. The maximum absolute atomic E-state index is 2.40. The van der Waals surface area contributed by atoms with Crippen molar-refractivity contribution in [3.8, 4) is 50.2 Å². The Morgan fingerprint density at radius 3 is 1.34 bits per heavy atom. The number of nitrogens with zero attached hydrogens (tertiary/aromatic N) is 2. The van der Waals surface area contributed by atoms with Gasteiger partial charge in [0.1, 0.15) is 0 Å². The van der Waals surface area contributed by atoms with Gasteiger partial charge in [0.2, 0.25) is 0 Å². The summed E-state index contributed by atoms with van der Waals surface area (Å²) in [7, 11) is 0. The van der Waals surface area contributed by atoms with Gasteiger partial charge in [-0.05, 0) is 139 Å². The van der Waals surface area contributed by atoms with Gasteiger partial charge < -0.3 is 9.47 Å². The standard InChI is InChI=1S/C62H42N2/c1-2-13-43(14-3-1)46-29-33-53(34-30-46)63(54-35-31-47(32-36-54)50-27-25-44-15-4-6-17-48(44)39-50)56-37-38-57(60(42-56)52-28-26-45-16-5-7-18-49(45)40-52)51-19-12-20-55(41-51)64-61-23-10-8-21-58(61)59-22-9-11-24-62(59)64/h1-42H. The molecule has 2 nitrogen and oxygen atoms in total. The fraction of sp³-hybridized carbons (Fsp3) is 0. The predicted octanol–water partition coefficient (Wildman–Crippen LogP) is 17.2. The first-order chi connectivity index (χ1) is 31.7. The number of benzene rings is 11. The van der Waals surface area contributed by atoms with E-state index in [0.29, 0.717) is 0 Å². The third kappa shape index (κ3) is 6.70. The maximum atomic E-state index is 2.40. The molecule has 0 unspecified atom stereocenters. The van der Waals surface area contributed by atoms with Crippen molar-refractivity contribution in [2.45, 2.75) is 0 Å². The van der Waals surface area contributed by atoms with Gasteiger partial charge in [-0.1, -0.05) is 182 Å². The van der Waals surface area contributed by atoms with E-state index in [4.69, 9.17) is 0 Å². The lowest BCUT2D eigenvalue weighted by molar-refractivity contribution is 1.18. The van der Waals surface area contributed by atoms with Crippen molar-refractivity contribution >= 4 is 60.4 Å². The lowest BCUT2D eigenvalue weighted by atomic mass is 9.92. The lowest BCUT2D eigenvalue weighted by Gasteiger charge is -2.27. The van der Waals surface area contributed by atoms with Crippen LogP contribution in [0.2, 0.25) is 0 Å². The van der Waals surface area contributed by atoms with Gasteiger partial charge in [0, 0.05) is 33.5 Å². The predicted molar refractivity (Wildman–Crippen MR) is 272 cm³/mol. The molecule has 0 amide bonds. The van der Waals surface area contributed by atoms with Crippen molar-refractivity contribution in [2.24, 2.45) is 0 Å². The molecule has 1 heterocycles. The fourth-order valence-corrected chi connectivity index (χ4v) is 9.58. The fourth-order valence-electron chi connectivity index (χ4n) is 9.58. The number of para-hydroxylation sites is 2. The molecule has 0 saturated heterocycles. The van der Waals surface area contributed by atoms with E-state index in [2.05, 4.69) is 264 Å². The molecular formula is C62H42N2. The minimum atomic E-state index is 1.08. The van der Waals surface area contributed by atoms with E-state index in [9.17, 15) is 0 Å². The van der Waals surface area contributed by atoms with Crippen LogP contribution in [0.5, 0.6) is 0 Å². The van der Waals surface area contributed by atoms with Crippen molar-refractivity contribution in [1.82, 2.24) is 4.57 Å². The molecule has 0 atom stereocenters. The second kappa shape index (κ2) is 15.8. The number of rotatable bonds is 8. The Morgan fingerprint density at radius 2 is 0.703 bits per heavy atom. The highest BCUT2D eigenvalue weighted by Crippen LogP contribution is 2.43. The van der Waals surface area contributed by atoms with Crippen molar-refractivity contribution in [3.05, 3.63) is 255 Å². The van der Waals surface area contributed by atoms with Crippen LogP contribution in [0, 0.1) is 0 Å². The molecule has 0 aliphatic heterocycles. The SMILES string of the molecule is c1ccc(-c2ccc(N(c3ccc(-c4ccc5ccccc5c4)cc3)c3ccc(-c4cccc(-n5c6ccccc6c6ccccc65)c4)c(-c4ccc5ccccc5c4)c3)cc2)cc1. The average molecular weight is 815 g/mol. The zero-order valence-corrected chi connectivity index (χ0v) is 35.1. The molecule has 0 aliphatic carbocycles. The highest BCUT2D eigenvalue weighted by atomic mass is 15.1. The zero-order chi connectivity index (χ0) is 42.4. The van der Waals surface area contributed by atoms with Crippen LogP contribution in [0.25, 0.3) is 93.5 Å². The van der Waals surface area contributed by atoms with Crippen molar-refractivity contribution in [2.75, 3.05) is 4.90 Å². The molecule has 2 heteroatoms. The monoisotopic (exact) mass is 814 g/mol. The van der Waals surface area contributed by atoms with Gasteiger partial charge in [-0.25, -0.2) is 0 Å². The summed E-state index contributed by atoms with van der Waals surface area (Å²) >= 11 is 0. The molecule has 0 aliphatic rings. The van der Waals surface area contributed by atoms with Crippen molar-refractivity contribution in [3.63, 3.8) is 0 Å². The highest BCUT2D eigenvalue weighted by Gasteiger charge is 2.19. The van der Waals surface area contributed by atoms with Gasteiger partial charge in [-0.2, -0.15) is 0 Å². The van der Waals surface area contributed by atoms with Gasteiger partial charge in [0.15, 0.2) is 0 Å². The van der Waals surface area contributed by atoms with Crippen molar-refractivity contribution in [1.29, 1.82) is 0 Å². The molecule has 0 bridgehead atoms. The van der Waals surface area contributed by atoms with Gasteiger partial charge in [0.05, 0.1) is 11.0 Å². The first-order valence-electron chi connectivity index (χ1n) is 22.0. The number of hydrogen-bond donors (Lipinski definition) is 0. The minimum Gasteiger partial charge on any atom is -0.310 e.